The van der Waals surface area contributed by atoms with Crippen LogP contribution < -0.4 is 10.1 Å². The van der Waals surface area contributed by atoms with Crippen LogP contribution in [0.1, 0.15) is 15.9 Å². The molecule has 0 aliphatic heterocycles. The molecule has 9 heteroatoms. The molecular formula is C21H13BrF3N3O2. The van der Waals surface area contributed by atoms with Crippen molar-refractivity contribution < 1.29 is 22.7 Å². The number of halogens is 4. The quantitative estimate of drug-likeness (QED) is 0.370. The minimum absolute atomic E-state index is 0.120. The number of hydrogen-bond acceptors (Lipinski definition) is 3. The van der Waals surface area contributed by atoms with Crippen LogP contribution in [-0.4, -0.2) is 16.1 Å². The molecule has 3 aromatic carbocycles. The van der Waals surface area contributed by atoms with E-state index >= 15 is 0 Å². The molecule has 0 fully saturated rings. The van der Waals surface area contributed by atoms with E-state index < -0.39 is 17.5 Å². The van der Waals surface area contributed by atoms with Crippen molar-refractivity contribution in [2.75, 3.05) is 5.32 Å². The van der Waals surface area contributed by atoms with E-state index in [2.05, 4.69) is 31.4 Å². The number of aromatic nitrogens is 2. The number of benzene rings is 3. The Bertz CT molecular complexity index is 1240. The van der Waals surface area contributed by atoms with Gasteiger partial charge < -0.3 is 10.1 Å². The largest absolute Gasteiger partial charge is 0.489 e. The third-order valence-electron chi connectivity index (χ3n) is 4.36. The molecule has 0 saturated carbocycles. The van der Waals surface area contributed by atoms with E-state index in [0.717, 1.165) is 10.5 Å². The van der Waals surface area contributed by atoms with E-state index in [4.69, 9.17) is 4.74 Å². The highest BCUT2D eigenvalue weighted by atomic mass is 79.9. The fourth-order valence-electron chi connectivity index (χ4n) is 2.79. The zero-order chi connectivity index (χ0) is 21.3. The van der Waals surface area contributed by atoms with Crippen molar-refractivity contribution in [3.05, 3.63) is 87.6 Å². The maximum absolute atomic E-state index is 13.8. The lowest BCUT2D eigenvalue weighted by atomic mass is 10.2. The van der Waals surface area contributed by atoms with Crippen LogP contribution in [0.2, 0.25) is 0 Å². The Morgan fingerprint density at radius 2 is 1.73 bits per heavy atom. The van der Waals surface area contributed by atoms with Crippen LogP contribution in [0.3, 0.4) is 0 Å². The normalized spacial score (nSPS) is 10.9. The molecule has 0 aliphatic rings. The number of nitrogens with zero attached hydrogens (tertiary/aromatic N) is 1. The van der Waals surface area contributed by atoms with Crippen LogP contribution in [0.4, 0.5) is 19.0 Å². The highest BCUT2D eigenvalue weighted by Gasteiger charge is 2.14. The molecule has 1 aromatic heterocycles. The number of nitrogens with one attached hydrogen (secondary N) is 2. The average molecular weight is 476 g/mol. The van der Waals surface area contributed by atoms with Crippen molar-refractivity contribution in [1.82, 2.24) is 10.2 Å². The Kier molecular flexibility index (Phi) is 5.45. The smallest absolute Gasteiger partial charge is 0.256 e. The molecule has 4 aromatic rings. The van der Waals surface area contributed by atoms with Gasteiger partial charge in [0, 0.05) is 27.1 Å². The number of amides is 1. The first-order chi connectivity index (χ1) is 14.4. The van der Waals surface area contributed by atoms with Crippen molar-refractivity contribution in [3.63, 3.8) is 0 Å². The van der Waals surface area contributed by atoms with E-state index in [0.29, 0.717) is 34.1 Å². The molecule has 0 bridgehead atoms. The monoisotopic (exact) mass is 475 g/mol. The summed E-state index contributed by atoms with van der Waals surface area (Å²) in [5.74, 6) is -3.03. The summed E-state index contributed by atoms with van der Waals surface area (Å²) in [5, 5.41) is 10.2. The molecule has 0 spiro atoms. The van der Waals surface area contributed by atoms with Crippen LogP contribution >= 0.6 is 15.9 Å². The van der Waals surface area contributed by atoms with Gasteiger partial charge in [-0.1, -0.05) is 15.9 Å². The summed E-state index contributed by atoms with van der Waals surface area (Å²) in [5.41, 5.74) is 0.980. The molecular weight excluding hydrogens is 463 g/mol. The molecule has 0 saturated heterocycles. The zero-order valence-corrected chi connectivity index (χ0v) is 16.8. The van der Waals surface area contributed by atoms with E-state index in [1.807, 2.05) is 0 Å². The van der Waals surface area contributed by atoms with Gasteiger partial charge in [-0.05, 0) is 48.5 Å². The third kappa shape index (κ3) is 4.16. The lowest BCUT2D eigenvalue weighted by Crippen LogP contribution is -2.12. The van der Waals surface area contributed by atoms with Gasteiger partial charge in [0.05, 0.1) is 5.52 Å². The summed E-state index contributed by atoms with van der Waals surface area (Å²) in [6, 6.07) is 13.0. The fraction of sp³-hybridized carbons (Fsp3) is 0.0476. The molecule has 1 heterocycles. The second-order valence-corrected chi connectivity index (χ2v) is 7.30. The Hall–Kier alpha value is -3.33. The summed E-state index contributed by atoms with van der Waals surface area (Å²) in [6.07, 6.45) is 0. The first-order valence-corrected chi connectivity index (χ1v) is 9.51. The van der Waals surface area contributed by atoms with E-state index in [-0.39, 0.29) is 18.1 Å². The highest BCUT2D eigenvalue weighted by Crippen LogP contribution is 2.27. The zero-order valence-electron chi connectivity index (χ0n) is 15.2. The molecule has 2 N–H and O–H groups in total. The number of carbonyl (C=O) groups is 1. The van der Waals surface area contributed by atoms with E-state index in [9.17, 15) is 18.0 Å². The number of ether oxygens (including phenoxy) is 1. The Labute approximate surface area is 177 Å². The minimum atomic E-state index is -1.26. The second-order valence-electron chi connectivity index (χ2n) is 6.39. The summed E-state index contributed by atoms with van der Waals surface area (Å²) in [7, 11) is 0. The standard InChI is InChI=1S/C21H13BrF3N3O2/c22-13-3-1-11(2-4-13)21(29)26-20-15-8-14(5-6-19(15)27-28-20)30-10-12-7-17(24)18(25)9-16(12)23/h1-9H,10H2,(H2,26,27,28,29). The SMILES string of the molecule is O=C(Nc1n[nH]c2ccc(OCc3cc(F)c(F)cc3F)cc12)c1ccc(Br)cc1. The first kappa shape index (κ1) is 20.0. The summed E-state index contributed by atoms with van der Waals surface area (Å²) in [6.45, 7) is -0.299. The second kappa shape index (κ2) is 8.19. The molecule has 4 rings (SSSR count). The van der Waals surface area contributed by atoms with E-state index in [1.54, 1.807) is 42.5 Å². The van der Waals surface area contributed by atoms with Gasteiger partial charge in [-0.15, -0.1) is 0 Å². The molecule has 5 nitrogen and oxygen atoms in total. The van der Waals surface area contributed by atoms with Crippen LogP contribution in [-0.2, 0) is 6.61 Å². The Morgan fingerprint density at radius 3 is 2.50 bits per heavy atom. The lowest BCUT2D eigenvalue weighted by molar-refractivity contribution is 0.102. The molecule has 0 atom stereocenters. The highest BCUT2D eigenvalue weighted by molar-refractivity contribution is 9.10. The van der Waals surface area contributed by atoms with Gasteiger partial charge in [0.1, 0.15) is 18.2 Å². The molecule has 0 unspecified atom stereocenters. The maximum atomic E-state index is 13.8. The summed E-state index contributed by atoms with van der Waals surface area (Å²) >= 11 is 3.31. The van der Waals surface area contributed by atoms with Crippen LogP contribution in [0.15, 0.2) is 59.1 Å². The van der Waals surface area contributed by atoms with Crippen molar-refractivity contribution >= 4 is 38.6 Å². The number of anilines is 1. The molecule has 152 valence electrons. The summed E-state index contributed by atoms with van der Waals surface area (Å²) in [4.78, 5) is 12.4. The fourth-order valence-corrected chi connectivity index (χ4v) is 3.06. The number of aromatic amines is 1. The number of rotatable bonds is 5. The minimum Gasteiger partial charge on any atom is -0.489 e. The van der Waals surface area contributed by atoms with Crippen molar-refractivity contribution in [3.8, 4) is 5.75 Å². The van der Waals surface area contributed by atoms with Crippen LogP contribution in [0.5, 0.6) is 5.75 Å². The number of hydrogen-bond donors (Lipinski definition) is 2. The van der Waals surface area contributed by atoms with Crippen LogP contribution in [0.25, 0.3) is 10.9 Å². The first-order valence-electron chi connectivity index (χ1n) is 8.72. The molecule has 0 aliphatic carbocycles. The summed E-state index contributed by atoms with van der Waals surface area (Å²) < 4.78 is 46.5. The predicted molar refractivity (Wildman–Crippen MR) is 109 cm³/mol. The van der Waals surface area contributed by atoms with Crippen molar-refractivity contribution in [2.24, 2.45) is 0 Å². The maximum Gasteiger partial charge on any atom is 0.256 e. The van der Waals surface area contributed by atoms with Crippen LogP contribution in [0, 0.1) is 17.5 Å². The van der Waals surface area contributed by atoms with Gasteiger partial charge in [-0.25, -0.2) is 13.2 Å². The van der Waals surface area contributed by atoms with Gasteiger partial charge in [0.15, 0.2) is 17.5 Å². The number of H-pyrrole nitrogens is 1. The van der Waals surface area contributed by atoms with Gasteiger partial charge in [-0.3, -0.25) is 9.89 Å². The predicted octanol–water partition coefficient (Wildman–Crippen LogP) is 5.57. The van der Waals surface area contributed by atoms with Gasteiger partial charge in [0.25, 0.3) is 5.91 Å². The molecule has 1 amide bonds. The molecule has 30 heavy (non-hydrogen) atoms. The third-order valence-corrected chi connectivity index (χ3v) is 4.88. The van der Waals surface area contributed by atoms with E-state index in [1.165, 1.54) is 0 Å². The number of fused-ring (bicyclic) bond motifs is 1. The Balaban J connectivity index is 1.53. The van der Waals surface area contributed by atoms with Crippen molar-refractivity contribution in [2.45, 2.75) is 6.61 Å². The van der Waals surface area contributed by atoms with Gasteiger partial charge >= 0.3 is 0 Å². The lowest BCUT2D eigenvalue weighted by Gasteiger charge is -2.08. The van der Waals surface area contributed by atoms with Gasteiger partial charge in [-0.2, -0.15) is 5.10 Å². The average Bonchev–Trinajstić information content (AvgIpc) is 3.12. The topological polar surface area (TPSA) is 67.0 Å². The molecule has 0 radical (unpaired) electrons. The van der Waals surface area contributed by atoms with Gasteiger partial charge in [0.2, 0.25) is 0 Å². The Morgan fingerprint density at radius 1 is 1.00 bits per heavy atom. The van der Waals surface area contributed by atoms with Crippen molar-refractivity contribution in [1.29, 1.82) is 0 Å². The number of carbonyl (C=O) groups excluding carboxylic acids is 1.